The van der Waals surface area contributed by atoms with Crippen LogP contribution in [0.2, 0.25) is 0 Å². The molecule has 0 saturated heterocycles. The van der Waals surface area contributed by atoms with Gasteiger partial charge in [-0.15, -0.1) is 0 Å². The van der Waals surface area contributed by atoms with Gasteiger partial charge in [0.1, 0.15) is 5.82 Å². The van der Waals surface area contributed by atoms with Crippen molar-refractivity contribution >= 4 is 0 Å². The van der Waals surface area contributed by atoms with Crippen molar-refractivity contribution in [2.75, 3.05) is 6.54 Å². The van der Waals surface area contributed by atoms with E-state index < -0.39 is 0 Å². The molecule has 4 nitrogen and oxygen atoms in total. The van der Waals surface area contributed by atoms with E-state index in [2.05, 4.69) is 15.3 Å². The molecule has 0 atom stereocenters. The average Bonchev–Trinajstić information content (AvgIpc) is 2.15. The Morgan fingerprint density at radius 2 is 2.20 bits per heavy atom. The number of nitrogens with one attached hydrogen (secondary N) is 2. The van der Waals surface area contributed by atoms with Crippen LogP contribution in [0.3, 0.4) is 0 Å². The van der Waals surface area contributed by atoms with Gasteiger partial charge in [0.25, 0.3) is 5.56 Å². The van der Waals surface area contributed by atoms with E-state index in [1.54, 1.807) is 0 Å². The van der Waals surface area contributed by atoms with Crippen molar-refractivity contribution in [2.24, 2.45) is 0 Å². The molecule has 3 rings (SSSR count). The lowest BCUT2D eigenvalue weighted by molar-refractivity contribution is 0.397. The Morgan fingerprint density at radius 1 is 1.33 bits per heavy atom. The van der Waals surface area contributed by atoms with E-state index in [1.165, 1.54) is 19.3 Å². The van der Waals surface area contributed by atoms with Gasteiger partial charge in [-0.1, -0.05) is 6.42 Å². The molecule has 1 saturated carbocycles. The molecule has 0 unspecified atom stereocenters. The highest BCUT2D eigenvalue weighted by Gasteiger charge is 2.24. The molecule has 2 heterocycles. The zero-order valence-corrected chi connectivity index (χ0v) is 8.68. The number of fused-ring (bicyclic) bond motifs is 1. The zero-order chi connectivity index (χ0) is 10.3. The van der Waals surface area contributed by atoms with E-state index in [0.29, 0.717) is 5.92 Å². The maximum absolute atomic E-state index is 11.8. The van der Waals surface area contributed by atoms with Crippen LogP contribution in [0.5, 0.6) is 0 Å². The van der Waals surface area contributed by atoms with Crippen LogP contribution in [0.15, 0.2) is 4.79 Å². The van der Waals surface area contributed by atoms with Crippen molar-refractivity contribution in [3.8, 4) is 0 Å². The second-order valence-electron chi connectivity index (χ2n) is 4.43. The van der Waals surface area contributed by atoms with Gasteiger partial charge in [-0.3, -0.25) is 4.79 Å². The maximum atomic E-state index is 11.8. The van der Waals surface area contributed by atoms with E-state index in [0.717, 1.165) is 36.6 Å². The van der Waals surface area contributed by atoms with Gasteiger partial charge >= 0.3 is 0 Å². The highest BCUT2D eigenvalue weighted by Crippen LogP contribution is 2.34. The summed E-state index contributed by atoms with van der Waals surface area (Å²) in [6.45, 7) is 1.64. The summed E-state index contributed by atoms with van der Waals surface area (Å²) in [5, 5.41) is 3.26. The minimum Gasteiger partial charge on any atom is -0.311 e. The number of nitrogens with zero attached hydrogens (tertiary/aromatic N) is 1. The third-order valence-corrected chi connectivity index (χ3v) is 3.46. The SMILES string of the molecule is O=c1[nH]c(C2CCC2)nc2c1CCNC2. The summed E-state index contributed by atoms with van der Waals surface area (Å²) in [5.41, 5.74) is 1.94. The number of aromatic amines is 1. The molecule has 0 amide bonds. The van der Waals surface area contributed by atoms with Gasteiger partial charge in [-0.25, -0.2) is 4.98 Å². The predicted molar refractivity (Wildman–Crippen MR) is 56.9 cm³/mol. The molecule has 1 aromatic heterocycles. The molecule has 0 aromatic carbocycles. The summed E-state index contributed by atoms with van der Waals surface area (Å²) in [5.74, 6) is 1.42. The van der Waals surface area contributed by atoms with E-state index in [4.69, 9.17) is 0 Å². The van der Waals surface area contributed by atoms with Crippen molar-refractivity contribution in [1.82, 2.24) is 15.3 Å². The van der Waals surface area contributed by atoms with Crippen LogP contribution in [-0.4, -0.2) is 16.5 Å². The second-order valence-corrected chi connectivity index (χ2v) is 4.43. The van der Waals surface area contributed by atoms with E-state index in [1.807, 2.05) is 0 Å². The normalized spacial score (nSPS) is 20.8. The Morgan fingerprint density at radius 3 is 2.93 bits per heavy atom. The molecular weight excluding hydrogens is 190 g/mol. The van der Waals surface area contributed by atoms with Gasteiger partial charge in [0.2, 0.25) is 0 Å². The first-order chi connectivity index (χ1) is 7.34. The Labute approximate surface area is 88.1 Å². The van der Waals surface area contributed by atoms with Gasteiger partial charge in [-0.05, 0) is 25.8 Å². The lowest BCUT2D eigenvalue weighted by Gasteiger charge is -2.25. The van der Waals surface area contributed by atoms with Gasteiger partial charge in [0.05, 0.1) is 5.69 Å². The third kappa shape index (κ3) is 1.49. The minimum atomic E-state index is 0.0865. The third-order valence-electron chi connectivity index (χ3n) is 3.46. The molecule has 15 heavy (non-hydrogen) atoms. The first-order valence-corrected chi connectivity index (χ1v) is 5.67. The Bertz CT molecular complexity index is 434. The summed E-state index contributed by atoms with van der Waals surface area (Å²) < 4.78 is 0. The van der Waals surface area contributed by atoms with E-state index in [-0.39, 0.29) is 5.56 Å². The highest BCUT2D eigenvalue weighted by molar-refractivity contribution is 5.21. The molecule has 1 fully saturated rings. The van der Waals surface area contributed by atoms with Crippen molar-refractivity contribution < 1.29 is 0 Å². The van der Waals surface area contributed by atoms with Crippen molar-refractivity contribution in [3.63, 3.8) is 0 Å². The van der Waals surface area contributed by atoms with Crippen LogP contribution < -0.4 is 10.9 Å². The first-order valence-electron chi connectivity index (χ1n) is 5.67. The fraction of sp³-hybridized carbons (Fsp3) is 0.636. The molecule has 2 N–H and O–H groups in total. The van der Waals surface area contributed by atoms with Gasteiger partial charge < -0.3 is 10.3 Å². The van der Waals surface area contributed by atoms with Gasteiger partial charge in [0.15, 0.2) is 0 Å². The Balaban J connectivity index is 2.04. The quantitative estimate of drug-likeness (QED) is 0.709. The maximum Gasteiger partial charge on any atom is 0.254 e. The van der Waals surface area contributed by atoms with Crippen molar-refractivity contribution in [3.05, 3.63) is 27.4 Å². The number of hydrogen-bond acceptors (Lipinski definition) is 3. The first kappa shape index (κ1) is 9.09. The van der Waals surface area contributed by atoms with Crippen LogP contribution in [0.1, 0.15) is 42.3 Å². The van der Waals surface area contributed by atoms with Crippen LogP contribution >= 0.6 is 0 Å². The van der Waals surface area contributed by atoms with Gasteiger partial charge in [0, 0.05) is 18.0 Å². The average molecular weight is 205 g/mol. The lowest BCUT2D eigenvalue weighted by Crippen LogP contribution is -2.32. The molecule has 1 aliphatic heterocycles. The molecule has 0 spiro atoms. The van der Waals surface area contributed by atoms with Crippen LogP contribution in [0.4, 0.5) is 0 Å². The molecule has 0 radical (unpaired) electrons. The Kier molecular flexibility index (Phi) is 2.09. The number of rotatable bonds is 1. The summed E-state index contributed by atoms with van der Waals surface area (Å²) in [4.78, 5) is 19.3. The van der Waals surface area contributed by atoms with Crippen molar-refractivity contribution in [1.29, 1.82) is 0 Å². The smallest absolute Gasteiger partial charge is 0.254 e. The fourth-order valence-corrected chi connectivity index (χ4v) is 2.26. The fourth-order valence-electron chi connectivity index (χ4n) is 2.26. The minimum absolute atomic E-state index is 0.0865. The van der Waals surface area contributed by atoms with Crippen molar-refractivity contribution in [2.45, 2.75) is 38.1 Å². The van der Waals surface area contributed by atoms with Crippen LogP contribution in [0.25, 0.3) is 0 Å². The summed E-state index contributed by atoms with van der Waals surface area (Å²) in [6.07, 6.45) is 4.43. The molecule has 80 valence electrons. The largest absolute Gasteiger partial charge is 0.311 e. The van der Waals surface area contributed by atoms with Crippen LogP contribution in [-0.2, 0) is 13.0 Å². The zero-order valence-electron chi connectivity index (χ0n) is 8.68. The van der Waals surface area contributed by atoms with E-state index in [9.17, 15) is 4.79 Å². The summed E-state index contributed by atoms with van der Waals surface area (Å²) in [7, 11) is 0. The Hall–Kier alpha value is -1.16. The molecule has 1 aromatic rings. The summed E-state index contributed by atoms with van der Waals surface area (Å²) in [6, 6.07) is 0. The molecule has 0 bridgehead atoms. The summed E-state index contributed by atoms with van der Waals surface area (Å²) >= 11 is 0. The highest BCUT2D eigenvalue weighted by atomic mass is 16.1. The lowest BCUT2D eigenvalue weighted by atomic mass is 9.84. The molecular formula is C11H15N3O. The monoisotopic (exact) mass is 205 g/mol. The van der Waals surface area contributed by atoms with Crippen LogP contribution in [0, 0.1) is 0 Å². The number of hydrogen-bond donors (Lipinski definition) is 2. The standard InChI is InChI=1S/C11H15N3O/c15-11-8-4-5-12-6-9(8)13-10(14-11)7-2-1-3-7/h7,12H,1-6H2,(H,13,14,15). The number of H-pyrrole nitrogens is 1. The van der Waals surface area contributed by atoms with E-state index >= 15 is 0 Å². The molecule has 1 aliphatic carbocycles. The molecule has 4 heteroatoms. The second kappa shape index (κ2) is 3.45. The predicted octanol–water partition coefficient (Wildman–Crippen LogP) is 0.683. The van der Waals surface area contributed by atoms with Gasteiger partial charge in [-0.2, -0.15) is 0 Å². The molecule has 2 aliphatic rings. The number of aromatic nitrogens is 2. The topological polar surface area (TPSA) is 57.8 Å².